The van der Waals surface area contributed by atoms with Crippen LogP contribution in [-0.4, -0.2) is 27.5 Å². The molecule has 19 heavy (non-hydrogen) atoms. The molecule has 7 heteroatoms. The van der Waals surface area contributed by atoms with Crippen LogP contribution in [0.25, 0.3) is 0 Å². The number of alkyl halides is 3. The third kappa shape index (κ3) is 3.08. The fraction of sp³-hybridized carbons (Fsp3) is 0.833. The summed E-state index contributed by atoms with van der Waals surface area (Å²) in [5.74, 6) is 0.153. The first-order valence-electron chi connectivity index (χ1n) is 6.62. The molecule has 2 rings (SSSR count). The van der Waals surface area contributed by atoms with Crippen molar-refractivity contribution in [1.29, 1.82) is 0 Å². The second-order valence-corrected chi connectivity index (χ2v) is 5.19. The van der Waals surface area contributed by atoms with Gasteiger partial charge in [0.1, 0.15) is 11.6 Å². The molecule has 0 fully saturated rings. The summed E-state index contributed by atoms with van der Waals surface area (Å²) in [6.45, 7) is 2.49. The zero-order valence-corrected chi connectivity index (χ0v) is 11.0. The summed E-state index contributed by atoms with van der Waals surface area (Å²) in [4.78, 5) is 0. The van der Waals surface area contributed by atoms with E-state index in [1.807, 2.05) is 6.92 Å². The van der Waals surface area contributed by atoms with E-state index in [2.05, 4.69) is 10.2 Å². The minimum atomic E-state index is -4.14. The smallest absolute Gasteiger partial charge is 0.330 e. The number of nitrogens with two attached hydrogens (primary N) is 1. The van der Waals surface area contributed by atoms with Gasteiger partial charge in [0.15, 0.2) is 0 Å². The van der Waals surface area contributed by atoms with Crippen LogP contribution in [0.4, 0.5) is 13.2 Å². The third-order valence-corrected chi connectivity index (χ3v) is 3.72. The van der Waals surface area contributed by atoms with E-state index < -0.39 is 12.1 Å². The molecule has 0 aliphatic carbocycles. The second-order valence-electron chi connectivity index (χ2n) is 5.19. The number of aryl methyl sites for hydroxylation is 1. The average Bonchev–Trinajstić information content (AvgIpc) is 2.77. The van der Waals surface area contributed by atoms with E-state index in [9.17, 15) is 13.2 Å². The molecule has 0 spiro atoms. The molecular weight excluding hydrogens is 257 g/mol. The molecule has 0 bridgehead atoms. The van der Waals surface area contributed by atoms with E-state index in [4.69, 9.17) is 5.73 Å². The lowest BCUT2D eigenvalue weighted by Gasteiger charge is -2.27. The Kier molecular flexibility index (Phi) is 4.13. The highest BCUT2D eigenvalue weighted by molar-refractivity contribution is 5.04. The molecular formula is C12H19F3N4. The van der Waals surface area contributed by atoms with Gasteiger partial charge in [0.2, 0.25) is 0 Å². The molecule has 0 saturated carbocycles. The molecule has 0 amide bonds. The monoisotopic (exact) mass is 276 g/mol. The fourth-order valence-corrected chi connectivity index (χ4v) is 2.53. The van der Waals surface area contributed by atoms with Crippen molar-refractivity contribution < 1.29 is 13.2 Å². The summed E-state index contributed by atoms with van der Waals surface area (Å²) in [6.07, 6.45) is -2.02. The Balaban J connectivity index is 2.15. The largest absolute Gasteiger partial charge is 0.393 e. The minimum absolute atomic E-state index is 0.0475. The van der Waals surface area contributed by atoms with Crippen molar-refractivity contribution in [3.8, 4) is 0 Å². The predicted octanol–water partition coefficient (Wildman–Crippen LogP) is 2.25. The normalized spacial score (nSPS) is 21.2. The van der Waals surface area contributed by atoms with E-state index in [0.29, 0.717) is 24.6 Å². The molecule has 1 aliphatic rings. The maximum Gasteiger partial charge on any atom is 0.393 e. The van der Waals surface area contributed by atoms with Crippen LogP contribution in [0.2, 0.25) is 0 Å². The topological polar surface area (TPSA) is 56.7 Å². The Labute approximate surface area is 110 Å². The van der Waals surface area contributed by atoms with Crippen molar-refractivity contribution in [2.45, 2.75) is 51.2 Å². The Morgan fingerprint density at radius 2 is 2.16 bits per heavy atom. The van der Waals surface area contributed by atoms with Gasteiger partial charge < -0.3 is 10.3 Å². The average molecular weight is 276 g/mol. The summed E-state index contributed by atoms with van der Waals surface area (Å²) in [6, 6.07) is 0. The summed E-state index contributed by atoms with van der Waals surface area (Å²) < 4.78 is 40.1. The first kappa shape index (κ1) is 14.3. The van der Waals surface area contributed by atoms with Crippen LogP contribution >= 0.6 is 0 Å². The molecule has 1 aromatic heterocycles. The Morgan fingerprint density at radius 1 is 1.42 bits per heavy atom. The second kappa shape index (κ2) is 5.48. The predicted molar refractivity (Wildman–Crippen MR) is 64.6 cm³/mol. The molecule has 2 heterocycles. The zero-order valence-electron chi connectivity index (χ0n) is 11.0. The molecule has 4 nitrogen and oxygen atoms in total. The highest BCUT2D eigenvalue weighted by Crippen LogP contribution is 2.35. The van der Waals surface area contributed by atoms with E-state index in [-0.39, 0.29) is 18.9 Å². The SMILES string of the molecule is CC(CCCN)c1nnc2n1CC(C(F)(F)F)CC2. The first-order valence-corrected chi connectivity index (χ1v) is 6.62. The van der Waals surface area contributed by atoms with Gasteiger partial charge >= 0.3 is 6.18 Å². The molecule has 1 aliphatic heterocycles. The molecule has 2 unspecified atom stereocenters. The van der Waals surface area contributed by atoms with Crippen LogP contribution in [0.15, 0.2) is 0 Å². The number of hydrogen-bond donors (Lipinski definition) is 1. The molecule has 0 aromatic carbocycles. The molecule has 2 atom stereocenters. The van der Waals surface area contributed by atoms with Crippen LogP contribution in [-0.2, 0) is 13.0 Å². The van der Waals surface area contributed by atoms with Crippen LogP contribution < -0.4 is 5.73 Å². The van der Waals surface area contributed by atoms with Crippen LogP contribution in [0.3, 0.4) is 0 Å². The summed E-state index contributed by atoms with van der Waals surface area (Å²) >= 11 is 0. The van der Waals surface area contributed by atoms with Gasteiger partial charge in [0.05, 0.1) is 5.92 Å². The number of hydrogen-bond acceptors (Lipinski definition) is 3. The van der Waals surface area contributed by atoms with Crippen molar-refractivity contribution in [3.63, 3.8) is 0 Å². The van der Waals surface area contributed by atoms with E-state index >= 15 is 0 Å². The quantitative estimate of drug-likeness (QED) is 0.917. The third-order valence-electron chi connectivity index (χ3n) is 3.72. The lowest BCUT2D eigenvalue weighted by atomic mass is 9.97. The Morgan fingerprint density at radius 3 is 2.79 bits per heavy atom. The summed E-state index contributed by atoms with van der Waals surface area (Å²) in [5.41, 5.74) is 5.46. The molecule has 1 aromatic rings. The minimum Gasteiger partial charge on any atom is -0.330 e. The maximum absolute atomic E-state index is 12.8. The lowest BCUT2D eigenvalue weighted by Crippen LogP contribution is -2.33. The van der Waals surface area contributed by atoms with Gasteiger partial charge in [-0.2, -0.15) is 13.2 Å². The van der Waals surface area contributed by atoms with Crippen molar-refractivity contribution in [1.82, 2.24) is 14.8 Å². The highest BCUT2D eigenvalue weighted by atomic mass is 19.4. The molecule has 0 saturated heterocycles. The van der Waals surface area contributed by atoms with Crippen LogP contribution in [0.1, 0.15) is 43.8 Å². The van der Waals surface area contributed by atoms with E-state index in [1.165, 1.54) is 0 Å². The van der Waals surface area contributed by atoms with Gasteiger partial charge in [-0.3, -0.25) is 0 Å². The standard InChI is InChI=1S/C12H19F3N4/c1-8(3-2-6-16)11-18-17-10-5-4-9(7-19(10)11)12(13,14)15/h8-9H,2-7,16H2,1H3. The van der Waals surface area contributed by atoms with Gasteiger partial charge in [-0.1, -0.05) is 6.92 Å². The summed E-state index contributed by atoms with van der Waals surface area (Å²) in [7, 11) is 0. The first-order chi connectivity index (χ1) is 8.93. The van der Waals surface area contributed by atoms with Crippen molar-refractivity contribution in [2.24, 2.45) is 11.7 Å². The fourth-order valence-electron chi connectivity index (χ4n) is 2.53. The number of rotatable bonds is 4. The zero-order chi connectivity index (χ0) is 14.0. The van der Waals surface area contributed by atoms with Crippen LogP contribution in [0, 0.1) is 5.92 Å². The van der Waals surface area contributed by atoms with E-state index in [1.54, 1.807) is 4.57 Å². The van der Waals surface area contributed by atoms with Gasteiger partial charge in [-0.15, -0.1) is 10.2 Å². The number of aromatic nitrogens is 3. The van der Waals surface area contributed by atoms with Crippen LogP contribution in [0.5, 0.6) is 0 Å². The number of nitrogens with zero attached hydrogens (tertiary/aromatic N) is 3. The van der Waals surface area contributed by atoms with Gasteiger partial charge in [0.25, 0.3) is 0 Å². The number of halogens is 3. The van der Waals surface area contributed by atoms with Crippen molar-refractivity contribution in [2.75, 3.05) is 6.54 Å². The van der Waals surface area contributed by atoms with Gasteiger partial charge in [-0.25, -0.2) is 0 Å². The van der Waals surface area contributed by atoms with Gasteiger partial charge in [-0.05, 0) is 25.8 Å². The summed E-state index contributed by atoms with van der Waals surface area (Å²) in [5, 5.41) is 8.09. The lowest BCUT2D eigenvalue weighted by molar-refractivity contribution is -0.182. The van der Waals surface area contributed by atoms with Crippen molar-refractivity contribution in [3.05, 3.63) is 11.6 Å². The Bertz CT molecular complexity index is 427. The van der Waals surface area contributed by atoms with E-state index in [0.717, 1.165) is 12.8 Å². The van der Waals surface area contributed by atoms with Gasteiger partial charge in [0, 0.05) is 18.9 Å². The molecule has 2 N–H and O–H groups in total. The molecule has 0 radical (unpaired) electrons. The maximum atomic E-state index is 12.8. The highest BCUT2D eigenvalue weighted by Gasteiger charge is 2.42. The Hall–Kier alpha value is -1.11. The number of fused-ring (bicyclic) bond motifs is 1. The molecule has 108 valence electrons. The van der Waals surface area contributed by atoms with Crippen molar-refractivity contribution >= 4 is 0 Å².